The van der Waals surface area contributed by atoms with Gasteiger partial charge in [-0.25, -0.2) is 0 Å². The predicted molar refractivity (Wildman–Crippen MR) is 227 cm³/mol. The molecule has 2 unspecified atom stereocenters. The van der Waals surface area contributed by atoms with E-state index in [9.17, 15) is 0 Å². The summed E-state index contributed by atoms with van der Waals surface area (Å²) in [5.74, 6) is 0. The highest BCUT2D eigenvalue weighted by Gasteiger charge is 2.47. The molecule has 2 nitrogen and oxygen atoms in total. The molecule has 1 aliphatic heterocycles. The van der Waals surface area contributed by atoms with E-state index in [1.54, 1.807) is 0 Å². The summed E-state index contributed by atoms with van der Waals surface area (Å²) in [6.07, 6.45) is 11.9. The van der Waals surface area contributed by atoms with Gasteiger partial charge < -0.3 is 9.47 Å². The molecule has 3 aliphatic rings. The maximum absolute atomic E-state index is 2.59. The molecule has 0 spiro atoms. The van der Waals surface area contributed by atoms with Crippen LogP contribution >= 0.6 is 11.3 Å². The molecule has 2 atom stereocenters. The van der Waals surface area contributed by atoms with Crippen LogP contribution in [0.15, 0.2) is 169 Å². The predicted octanol–water partition coefficient (Wildman–Crippen LogP) is 13.6. The molecule has 3 heterocycles. The van der Waals surface area contributed by atoms with Gasteiger partial charge in [-0.15, -0.1) is 11.3 Å². The van der Waals surface area contributed by atoms with Gasteiger partial charge in [-0.1, -0.05) is 134 Å². The number of hydrogen-bond donors (Lipinski definition) is 0. The van der Waals surface area contributed by atoms with E-state index < -0.39 is 0 Å². The summed E-state index contributed by atoms with van der Waals surface area (Å²) in [6, 6.07) is 53.4. The van der Waals surface area contributed by atoms with Gasteiger partial charge in [0.25, 0.3) is 0 Å². The highest BCUT2D eigenvalue weighted by Crippen LogP contribution is 2.57. The zero-order chi connectivity index (χ0) is 35.3. The Hall–Kier alpha value is -5.90. The molecule has 2 aliphatic carbocycles. The van der Waals surface area contributed by atoms with Crippen molar-refractivity contribution >= 4 is 65.4 Å². The average Bonchev–Trinajstić information content (AvgIpc) is 3.83. The van der Waals surface area contributed by atoms with E-state index in [0.29, 0.717) is 0 Å². The number of fused-ring (bicyclic) bond motifs is 9. The molecule has 0 amide bonds. The van der Waals surface area contributed by atoms with Crippen LogP contribution in [0.25, 0.3) is 59.5 Å². The number of allylic oxidation sites excluding steroid dienone is 3. The summed E-state index contributed by atoms with van der Waals surface area (Å²) in [7, 11) is 0. The van der Waals surface area contributed by atoms with Crippen LogP contribution in [0.2, 0.25) is 0 Å². The van der Waals surface area contributed by atoms with Crippen molar-refractivity contribution in [2.45, 2.75) is 32.2 Å². The quantitative estimate of drug-likeness (QED) is 0.178. The summed E-state index contributed by atoms with van der Waals surface area (Å²) in [5.41, 5.74) is 14.1. The minimum atomic E-state index is -0.193. The molecule has 2 aromatic heterocycles. The first kappa shape index (κ1) is 30.7. The lowest BCUT2D eigenvalue weighted by Crippen LogP contribution is -2.41. The van der Waals surface area contributed by atoms with Crippen LogP contribution in [0.1, 0.15) is 37.1 Å². The van der Waals surface area contributed by atoms with E-state index in [1.165, 1.54) is 87.2 Å². The number of hydrogen-bond acceptors (Lipinski definition) is 2. The summed E-state index contributed by atoms with van der Waals surface area (Å²) in [5, 5.41) is 4.02. The van der Waals surface area contributed by atoms with Gasteiger partial charge in [0, 0.05) is 48.9 Å². The fourth-order valence-corrected chi connectivity index (χ4v) is 10.8. The molecule has 0 bridgehead atoms. The molecule has 11 rings (SSSR count). The van der Waals surface area contributed by atoms with Crippen molar-refractivity contribution in [3.63, 3.8) is 0 Å². The first-order valence-corrected chi connectivity index (χ1v) is 19.5. The van der Waals surface area contributed by atoms with Crippen LogP contribution in [0.4, 0.5) is 11.4 Å². The SMILES string of the molecule is CC1(C2=CCC3(C)C(=C2)c2ccccc2N3c2cccc(-c3ccccc3)c2)C=Cc2c(c3ccccc3n2-c2cccc3c2sc2ccccc23)C1. The van der Waals surface area contributed by atoms with E-state index in [1.807, 2.05) is 11.3 Å². The van der Waals surface area contributed by atoms with Gasteiger partial charge in [0.05, 0.1) is 21.4 Å². The topological polar surface area (TPSA) is 8.17 Å². The van der Waals surface area contributed by atoms with E-state index in [-0.39, 0.29) is 11.0 Å². The second kappa shape index (κ2) is 11.3. The van der Waals surface area contributed by atoms with Crippen molar-refractivity contribution < 1.29 is 0 Å². The van der Waals surface area contributed by atoms with Crippen molar-refractivity contribution in [2.24, 2.45) is 5.41 Å². The van der Waals surface area contributed by atoms with Crippen molar-refractivity contribution in [3.05, 3.63) is 186 Å². The van der Waals surface area contributed by atoms with E-state index in [2.05, 4.69) is 193 Å². The molecule has 0 radical (unpaired) electrons. The van der Waals surface area contributed by atoms with E-state index in [0.717, 1.165) is 12.8 Å². The first-order chi connectivity index (χ1) is 26.0. The van der Waals surface area contributed by atoms with Gasteiger partial charge >= 0.3 is 0 Å². The lowest BCUT2D eigenvalue weighted by atomic mass is 9.69. The Morgan fingerprint density at radius 3 is 2.26 bits per heavy atom. The Labute approximate surface area is 314 Å². The van der Waals surface area contributed by atoms with Crippen LogP contribution in [-0.2, 0) is 6.42 Å². The maximum atomic E-state index is 2.59. The Balaban J connectivity index is 1.01. The Bertz CT molecular complexity index is 2880. The van der Waals surface area contributed by atoms with Gasteiger partial charge in [-0.05, 0) is 90.1 Å². The number of thiophene rings is 1. The van der Waals surface area contributed by atoms with Crippen LogP contribution in [0.5, 0.6) is 0 Å². The number of aromatic nitrogens is 1. The zero-order valence-electron chi connectivity index (χ0n) is 29.9. The van der Waals surface area contributed by atoms with E-state index >= 15 is 0 Å². The van der Waals surface area contributed by atoms with Gasteiger partial charge in [0.1, 0.15) is 0 Å². The largest absolute Gasteiger partial charge is 0.331 e. The lowest BCUT2D eigenvalue weighted by Gasteiger charge is -2.42. The molecule has 6 aromatic carbocycles. The Kier molecular flexibility index (Phi) is 6.54. The summed E-state index contributed by atoms with van der Waals surface area (Å²) in [6.45, 7) is 4.87. The molecule has 0 saturated heterocycles. The molecule has 254 valence electrons. The third kappa shape index (κ3) is 4.44. The molecule has 3 heteroatoms. The normalized spacial score (nSPS) is 20.4. The van der Waals surface area contributed by atoms with Gasteiger partial charge in [-0.2, -0.15) is 0 Å². The third-order valence-electron chi connectivity index (χ3n) is 12.2. The highest BCUT2D eigenvalue weighted by atomic mass is 32.1. The standard InChI is InChI=1S/C50H38N2S/c1-49(28-27-44-41(32-49)37-18-6-9-22-43(37)51(44)46-24-13-21-39-38-19-8-11-25-47(38)53-48(39)46)35-26-29-50(2)42(31-35)40-20-7-10-23-45(40)52(50)36-17-12-16-34(30-36)33-14-4-3-5-15-33/h3-28,30-31H,29,32H2,1-2H3. The van der Waals surface area contributed by atoms with Crippen molar-refractivity contribution in [3.8, 4) is 16.8 Å². The monoisotopic (exact) mass is 698 g/mol. The number of benzene rings is 6. The van der Waals surface area contributed by atoms with Crippen LogP contribution in [0, 0.1) is 5.41 Å². The molecular formula is C50H38N2S. The number of anilines is 2. The Morgan fingerprint density at radius 2 is 1.36 bits per heavy atom. The third-order valence-corrected chi connectivity index (χ3v) is 13.4. The molecule has 8 aromatic rings. The van der Waals surface area contributed by atoms with Crippen LogP contribution < -0.4 is 4.90 Å². The lowest BCUT2D eigenvalue weighted by molar-refractivity contribution is 0.505. The Morgan fingerprint density at radius 1 is 0.642 bits per heavy atom. The smallest absolute Gasteiger partial charge is 0.0715 e. The second-order valence-electron chi connectivity index (χ2n) is 15.4. The number of rotatable bonds is 4. The van der Waals surface area contributed by atoms with Gasteiger partial charge in [-0.3, -0.25) is 0 Å². The van der Waals surface area contributed by atoms with E-state index in [4.69, 9.17) is 0 Å². The second-order valence-corrected chi connectivity index (χ2v) is 16.4. The highest BCUT2D eigenvalue weighted by molar-refractivity contribution is 7.26. The maximum Gasteiger partial charge on any atom is 0.0715 e. The average molecular weight is 699 g/mol. The minimum absolute atomic E-state index is 0.143. The summed E-state index contributed by atoms with van der Waals surface area (Å²) >= 11 is 1.90. The van der Waals surface area contributed by atoms with Gasteiger partial charge in [0.15, 0.2) is 0 Å². The fraction of sp³-hybridized carbons (Fsp3) is 0.120. The first-order valence-electron chi connectivity index (χ1n) is 18.7. The number of para-hydroxylation sites is 2. The van der Waals surface area contributed by atoms with Crippen molar-refractivity contribution in [1.82, 2.24) is 4.57 Å². The molecular weight excluding hydrogens is 661 g/mol. The number of nitrogens with zero attached hydrogens (tertiary/aromatic N) is 2. The summed E-state index contributed by atoms with van der Waals surface area (Å²) < 4.78 is 5.21. The van der Waals surface area contributed by atoms with Crippen LogP contribution in [0.3, 0.4) is 0 Å². The fourth-order valence-electron chi connectivity index (χ4n) is 9.55. The molecule has 0 N–H and O–H groups in total. The summed E-state index contributed by atoms with van der Waals surface area (Å²) in [4.78, 5) is 2.59. The van der Waals surface area contributed by atoms with Gasteiger partial charge in [0.2, 0.25) is 0 Å². The molecule has 53 heavy (non-hydrogen) atoms. The van der Waals surface area contributed by atoms with Crippen molar-refractivity contribution in [2.75, 3.05) is 4.90 Å². The van der Waals surface area contributed by atoms with Crippen LogP contribution in [-0.4, -0.2) is 10.1 Å². The van der Waals surface area contributed by atoms with Crippen molar-refractivity contribution in [1.29, 1.82) is 0 Å². The zero-order valence-corrected chi connectivity index (χ0v) is 30.7. The molecule has 0 fully saturated rings. The molecule has 0 saturated carbocycles. The minimum Gasteiger partial charge on any atom is -0.331 e.